The molecule has 16 heavy (non-hydrogen) atoms. The monoisotopic (exact) mass is 271 g/mol. The molecule has 7 heteroatoms. The van der Waals surface area contributed by atoms with Gasteiger partial charge in [0.15, 0.2) is 0 Å². The van der Waals surface area contributed by atoms with Gasteiger partial charge in [0.05, 0.1) is 0 Å². The van der Waals surface area contributed by atoms with Crippen LogP contribution in [0.2, 0.25) is 0 Å². The van der Waals surface area contributed by atoms with E-state index in [1.807, 2.05) is 0 Å². The van der Waals surface area contributed by atoms with E-state index in [1.54, 1.807) is 20.8 Å². The van der Waals surface area contributed by atoms with Crippen LogP contribution in [0, 0.1) is 0 Å². The molecule has 0 amide bonds. The highest BCUT2D eigenvalue weighted by atomic mass is 35.7. The van der Waals surface area contributed by atoms with Gasteiger partial charge >= 0.3 is 5.97 Å². The fourth-order valence-electron chi connectivity index (χ4n) is 0.948. The van der Waals surface area contributed by atoms with Gasteiger partial charge in [0.25, 0.3) is 9.24 Å². The van der Waals surface area contributed by atoms with Gasteiger partial charge in [0.2, 0.25) is 0 Å². The molecule has 0 rings (SSSR count). The Hall–Kier alpha value is -0.330. The summed E-state index contributed by atoms with van der Waals surface area (Å²) in [6.45, 7) is 5.53. The van der Waals surface area contributed by atoms with Gasteiger partial charge in [0.1, 0.15) is 5.60 Å². The van der Waals surface area contributed by atoms with Crippen molar-refractivity contribution in [3.8, 4) is 0 Å². The summed E-state index contributed by atoms with van der Waals surface area (Å²) in [5.74, 6) is -0.340. The Morgan fingerprint density at radius 1 is 1.38 bits per heavy atom. The summed E-state index contributed by atoms with van der Waals surface area (Å²) in [4.78, 5) is 11.3. The summed E-state index contributed by atoms with van der Waals surface area (Å²) in [6.07, 6.45) is 0.561. The first-order valence-electron chi connectivity index (χ1n) is 4.90. The van der Waals surface area contributed by atoms with Crippen molar-refractivity contribution in [3.05, 3.63) is 0 Å². The summed E-state index contributed by atoms with van der Waals surface area (Å²) in [5, 5.41) is 0. The molecule has 5 nitrogen and oxygen atoms in total. The Kier molecular flexibility index (Phi) is 5.72. The molecule has 0 aliphatic carbocycles. The lowest BCUT2D eigenvalue weighted by atomic mass is 10.2. The van der Waals surface area contributed by atoms with Gasteiger partial charge in [-0.15, -0.1) is 0 Å². The molecular weight excluding hydrogens is 254 g/mol. The Bertz CT molecular complexity index is 334. The van der Waals surface area contributed by atoms with Gasteiger partial charge in [0, 0.05) is 30.7 Å². The standard InChI is InChI=1S/C9H18ClNO4S/c1-9(2,3)15-8(12)6-5-7-11(4)16(10,13)14/h5-7H2,1-4H3. The first-order chi connectivity index (χ1) is 7.02. The van der Waals surface area contributed by atoms with Crippen LogP contribution in [0.4, 0.5) is 0 Å². The predicted octanol–water partition coefficient (Wildman–Crippen LogP) is 1.52. The first kappa shape index (κ1) is 15.7. The van der Waals surface area contributed by atoms with E-state index in [2.05, 4.69) is 0 Å². The van der Waals surface area contributed by atoms with E-state index < -0.39 is 14.8 Å². The molecular formula is C9H18ClNO4S. The molecule has 0 N–H and O–H groups in total. The van der Waals surface area contributed by atoms with Gasteiger partial charge in [-0.3, -0.25) is 4.79 Å². The molecule has 0 aromatic rings. The number of nitrogens with zero attached hydrogens (tertiary/aromatic N) is 1. The van der Waals surface area contributed by atoms with Crippen molar-refractivity contribution in [2.75, 3.05) is 13.6 Å². The van der Waals surface area contributed by atoms with E-state index in [1.165, 1.54) is 7.05 Å². The Labute approximate surface area is 101 Å². The summed E-state index contributed by atoms with van der Waals surface area (Å²) in [7, 11) is 2.76. The highest BCUT2D eigenvalue weighted by Gasteiger charge is 2.17. The largest absolute Gasteiger partial charge is 0.460 e. The predicted molar refractivity (Wildman–Crippen MR) is 62.5 cm³/mol. The highest BCUT2D eigenvalue weighted by molar-refractivity contribution is 8.11. The molecule has 0 bridgehead atoms. The summed E-state index contributed by atoms with van der Waals surface area (Å²) < 4.78 is 27.7. The lowest BCUT2D eigenvalue weighted by Gasteiger charge is -2.19. The number of carbonyl (C=O) groups is 1. The zero-order chi connectivity index (χ0) is 13.0. The minimum absolute atomic E-state index is 0.175. The van der Waals surface area contributed by atoms with Gasteiger partial charge in [-0.25, -0.2) is 0 Å². The lowest BCUT2D eigenvalue weighted by Crippen LogP contribution is -2.26. The molecule has 0 spiro atoms. The SMILES string of the molecule is CN(CCCC(=O)OC(C)(C)C)S(=O)(=O)Cl. The van der Waals surface area contributed by atoms with Gasteiger partial charge in [-0.2, -0.15) is 12.7 Å². The number of hydrogen-bond acceptors (Lipinski definition) is 4. The third-order valence-electron chi connectivity index (χ3n) is 1.65. The Balaban J connectivity index is 3.88. The minimum atomic E-state index is -3.68. The highest BCUT2D eigenvalue weighted by Crippen LogP contribution is 2.10. The molecule has 96 valence electrons. The molecule has 0 fully saturated rings. The van der Waals surface area contributed by atoms with Crippen LogP contribution >= 0.6 is 10.7 Å². The second kappa shape index (κ2) is 5.84. The second-order valence-corrected chi connectivity index (χ2v) is 7.07. The van der Waals surface area contributed by atoms with Crippen LogP contribution in [0.1, 0.15) is 33.6 Å². The van der Waals surface area contributed by atoms with Gasteiger partial charge in [-0.1, -0.05) is 0 Å². The number of carbonyl (C=O) groups excluding carboxylic acids is 1. The zero-order valence-electron chi connectivity index (χ0n) is 9.99. The van der Waals surface area contributed by atoms with Crippen LogP contribution in [-0.2, 0) is 18.8 Å². The topological polar surface area (TPSA) is 63.7 Å². The molecule has 0 aromatic carbocycles. The molecule has 0 saturated carbocycles. The van der Waals surface area contributed by atoms with Crippen LogP contribution in [-0.4, -0.2) is 37.9 Å². The molecule has 0 aliphatic rings. The fourth-order valence-corrected chi connectivity index (χ4v) is 1.50. The van der Waals surface area contributed by atoms with E-state index >= 15 is 0 Å². The van der Waals surface area contributed by atoms with Crippen molar-refractivity contribution >= 4 is 25.9 Å². The van der Waals surface area contributed by atoms with E-state index in [9.17, 15) is 13.2 Å². The van der Waals surface area contributed by atoms with Crippen molar-refractivity contribution in [2.45, 2.75) is 39.2 Å². The Morgan fingerprint density at radius 2 is 1.88 bits per heavy atom. The average molecular weight is 272 g/mol. The van der Waals surface area contributed by atoms with E-state index in [4.69, 9.17) is 15.4 Å². The fraction of sp³-hybridized carbons (Fsp3) is 0.889. The number of hydrogen-bond donors (Lipinski definition) is 0. The van der Waals surface area contributed by atoms with Crippen LogP contribution in [0.3, 0.4) is 0 Å². The van der Waals surface area contributed by atoms with Crippen molar-refractivity contribution in [3.63, 3.8) is 0 Å². The summed E-state index contributed by atoms with van der Waals surface area (Å²) >= 11 is 0. The maximum Gasteiger partial charge on any atom is 0.306 e. The normalized spacial score (nSPS) is 12.9. The Morgan fingerprint density at radius 3 is 2.25 bits per heavy atom. The molecule has 0 saturated heterocycles. The number of halogens is 1. The van der Waals surface area contributed by atoms with Crippen LogP contribution in [0.15, 0.2) is 0 Å². The third kappa shape index (κ3) is 7.90. The molecule has 0 aliphatic heterocycles. The van der Waals surface area contributed by atoms with E-state index in [0.717, 1.165) is 4.31 Å². The van der Waals surface area contributed by atoms with Crippen molar-refractivity contribution in [1.82, 2.24) is 4.31 Å². The maximum absolute atomic E-state index is 11.3. The maximum atomic E-state index is 11.3. The van der Waals surface area contributed by atoms with Crippen molar-refractivity contribution in [1.29, 1.82) is 0 Å². The van der Waals surface area contributed by atoms with Crippen molar-refractivity contribution in [2.24, 2.45) is 0 Å². The lowest BCUT2D eigenvalue weighted by molar-refractivity contribution is -0.154. The third-order valence-corrected chi connectivity index (χ3v) is 3.28. The van der Waals surface area contributed by atoms with Crippen LogP contribution in [0.25, 0.3) is 0 Å². The summed E-state index contributed by atoms with van der Waals surface area (Å²) in [6, 6.07) is 0. The van der Waals surface area contributed by atoms with Gasteiger partial charge < -0.3 is 4.74 Å². The smallest absolute Gasteiger partial charge is 0.306 e. The second-order valence-electron chi connectivity index (χ2n) is 4.45. The quantitative estimate of drug-likeness (QED) is 0.562. The number of esters is 1. The molecule has 0 unspecified atom stereocenters. The minimum Gasteiger partial charge on any atom is -0.460 e. The number of rotatable bonds is 5. The molecule has 0 atom stereocenters. The van der Waals surface area contributed by atoms with E-state index in [0.29, 0.717) is 6.42 Å². The zero-order valence-corrected chi connectivity index (χ0v) is 11.6. The summed E-state index contributed by atoms with van der Waals surface area (Å²) in [5.41, 5.74) is -0.512. The first-order valence-corrected chi connectivity index (χ1v) is 7.17. The number of ether oxygens (including phenoxy) is 1. The van der Waals surface area contributed by atoms with Crippen LogP contribution in [0.5, 0.6) is 0 Å². The van der Waals surface area contributed by atoms with Crippen molar-refractivity contribution < 1.29 is 17.9 Å². The average Bonchev–Trinajstić information content (AvgIpc) is 1.98. The van der Waals surface area contributed by atoms with Gasteiger partial charge in [-0.05, 0) is 27.2 Å². The molecule has 0 heterocycles. The molecule has 0 aromatic heterocycles. The molecule has 0 radical (unpaired) electrons. The van der Waals surface area contributed by atoms with E-state index in [-0.39, 0.29) is 18.9 Å². The van der Waals surface area contributed by atoms with Crippen LogP contribution < -0.4 is 0 Å².